The molecule has 1 heterocycles. The maximum absolute atomic E-state index is 12.6. The molecule has 0 atom stereocenters. The molecule has 0 spiro atoms. The monoisotopic (exact) mass is 457 g/mol. The second-order valence-electron chi connectivity index (χ2n) is 6.25. The number of rotatable bonds is 5. The number of methoxy groups -OCH3 is 1. The maximum atomic E-state index is 12.6. The summed E-state index contributed by atoms with van der Waals surface area (Å²) in [5.41, 5.74) is 0.345. The first-order valence-electron chi connectivity index (χ1n) is 8.75. The van der Waals surface area contributed by atoms with Gasteiger partial charge < -0.3 is 14.2 Å². The number of hydrogen-bond donors (Lipinski definition) is 0. The summed E-state index contributed by atoms with van der Waals surface area (Å²) in [5, 5.41) is 0. The molecule has 168 valence electrons. The maximum Gasteiger partial charge on any atom is 0.573 e. The van der Waals surface area contributed by atoms with Crippen molar-refractivity contribution in [3.05, 3.63) is 66.5 Å². The number of halogens is 6. The summed E-state index contributed by atoms with van der Waals surface area (Å²) >= 11 is 0. The minimum absolute atomic E-state index is 0.0871. The van der Waals surface area contributed by atoms with Gasteiger partial charge in [-0.1, -0.05) is 24.3 Å². The van der Waals surface area contributed by atoms with Gasteiger partial charge in [-0.05, 0) is 35.4 Å². The summed E-state index contributed by atoms with van der Waals surface area (Å²) < 4.78 is 88.1. The number of carbonyl (C=O) groups excluding carboxylic acids is 1. The lowest BCUT2D eigenvalue weighted by molar-refractivity contribution is -0.275. The Kier molecular flexibility index (Phi) is 6.28. The van der Waals surface area contributed by atoms with E-state index in [0.717, 1.165) is 31.4 Å². The molecule has 0 amide bonds. The van der Waals surface area contributed by atoms with Gasteiger partial charge in [-0.25, -0.2) is 4.79 Å². The predicted molar refractivity (Wildman–Crippen MR) is 99.8 cm³/mol. The van der Waals surface area contributed by atoms with Crippen LogP contribution < -0.4 is 9.47 Å². The van der Waals surface area contributed by atoms with Crippen LogP contribution in [0, 0.1) is 0 Å². The lowest BCUT2D eigenvalue weighted by atomic mass is 9.94. The topological polar surface area (TPSA) is 57.7 Å². The van der Waals surface area contributed by atoms with Gasteiger partial charge in [0, 0.05) is 23.5 Å². The van der Waals surface area contributed by atoms with E-state index < -0.39 is 30.2 Å². The molecule has 0 saturated carbocycles. The fourth-order valence-electron chi connectivity index (χ4n) is 2.94. The van der Waals surface area contributed by atoms with Crippen LogP contribution in [0.15, 0.2) is 60.9 Å². The van der Waals surface area contributed by atoms with Crippen molar-refractivity contribution in [2.75, 3.05) is 7.11 Å². The highest BCUT2D eigenvalue weighted by Crippen LogP contribution is 2.36. The van der Waals surface area contributed by atoms with Gasteiger partial charge in [0.2, 0.25) is 0 Å². The van der Waals surface area contributed by atoms with Crippen molar-refractivity contribution >= 4 is 5.97 Å². The van der Waals surface area contributed by atoms with E-state index in [0.29, 0.717) is 0 Å². The highest BCUT2D eigenvalue weighted by molar-refractivity contribution is 6.03. The molecule has 32 heavy (non-hydrogen) atoms. The quantitative estimate of drug-likeness (QED) is 0.348. The molecule has 0 radical (unpaired) electrons. The number of alkyl halides is 6. The van der Waals surface area contributed by atoms with Crippen LogP contribution in [0.5, 0.6) is 11.5 Å². The normalized spacial score (nSPS) is 11.7. The number of nitrogens with zero attached hydrogens (tertiary/aromatic N) is 1. The van der Waals surface area contributed by atoms with Crippen molar-refractivity contribution in [2.45, 2.75) is 12.7 Å². The number of carbonyl (C=O) groups is 1. The van der Waals surface area contributed by atoms with E-state index in [1.807, 2.05) is 0 Å². The standard InChI is InChI=1S/C21H13F6NO4/c1-30-19(29)18-16(12-4-2-6-14(8-12)31-20(22,23)24)10-28-11-17(18)13-5-3-7-15(9-13)32-21(25,26)27/h2-11H,1H3. The second-order valence-corrected chi connectivity index (χ2v) is 6.25. The number of esters is 1. The van der Waals surface area contributed by atoms with Crippen LogP contribution in [0.3, 0.4) is 0 Å². The third-order valence-electron chi connectivity index (χ3n) is 4.09. The highest BCUT2D eigenvalue weighted by atomic mass is 19.4. The molecule has 0 aliphatic heterocycles. The van der Waals surface area contributed by atoms with Crippen LogP contribution in [-0.4, -0.2) is 30.8 Å². The first kappa shape index (κ1) is 22.9. The summed E-state index contributed by atoms with van der Waals surface area (Å²) in [7, 11) is 1.09. The van der Waals surface area contributed by atoms with E-state index in [1.165, 1.54) is 36.7 Å². The van der Waals surface area contributed by atoms with Gasteiger partial charge in [-0.2, -0.15) is 0 Å². The molecular formula is C21H13F6NO4. The number of benzene rings is 2. The van der Waals surface area contributed by atoms with Crippen molar-refractivity contribution < 1.29 is 45.3 Å². The first-order chi connectivity index (χ1) is 15.0. The number of hydrogen-bond acceptors (Lipinski definition) is 5. The SMILES string of the molecule is COC(=O)c1c(-c2cccc(OC(F)(F)F)c2)cncc1-c1cccc(OC(F)(F)F)c1. The molecule has 1 aromatic heterocycles. The van der Waals surface area contributed by atoms with Gasteiger partial charge in [0.25, 0.3) is 0 Å². The molecule has 11 heteroatoms. The fraction of sp³-hybridized carbons (Fsp3) is 0.143. The molecule has 3 rings (SSSR count). The zero-order valence-corrected chi connectivity index (χ0v) is 16.1. The first-order valence-corrected chi connectivity index (χ1v) is 8.75. The summed E-state index contributed by atoms with van der Waals surface area (Å²) in [4.78, 5) is 16.5. The molecule has 0 bridgehead atoms. The van der Waals surface area contributed by atoms with Crippen LogP contribution in [0.4, 0.5) is 26.3 Å². The Labute approximate surface area is 177 Å². The second kappa shape index (κ2) is 8.77. The Hall–Kier alpha value is -3.76. The van der Waals surface area contributed by atoms with Crippen molar-refractivity contribution in [1.82, 2.24) is 4.98 Å². The zero-order valence-electron chi connectivity index (χ0n) is 16.1. The molecule has 0 aliphatic rings. The van der Waals surface area contributed by atoms with Crippen molar-refractivity contribution in [1.29, 1.82) is 0 Å². The summed E-state index contributed by atoms with van der Waals surface area (Å²) in [5.74, 6) is -1.93. The summed E-state index contributed by atoms with van der Waals surface area (Å²) in [6.07, 6.45) is -7.41. The van der Waals surface area contributed by atoms with Crippen molar-refractivity contribution in [3.8, 4) is 33.8 Å². The molecule has 0 unspecified atom stereocenters. The average molecular weight is 457 g/mol. The van der Waals surface area contributed by atoms with Gasteiger partial charge in [0.1, 0.15) is 11.5 Å². The molecule has 0 N–H and O–H groups in total. The van der Waals surface area contributed by atoms with E-state index in [4.69, 9.17) is 4.74 Å². The van der Waals surface area contributed by atoms with Crippen LogP contribution in [-0.2, 0) is 4.74 Å². The van der Waals surface area contributed by atoms with E-state index >= 15 is 0 Å². The zero-order chi connectivity index (χ0) is 23.5. The fourth-order valence-corrected chi connectivity index (χ4v) is 2.94. The number of aromatic nitrogens is 1. The molecule has 0 aliphatic carbocycles. The minimum atomic E-state index is -4.93. The lowest BCUT2D eigenvalue weighted by Gasteiger charge is -2.15. The summed E-state index contributed by atoms with van der Waals surface area (Å²) in [6.45, 7) is 0. The molecular weight excluding hydrogens is 444 g/mol. The van der Waals surface area contributed by atoms with Crippen LogP contribution >= 0.6 is 0 Å². The van der Waals surface area contributed by atoms with E-state index in [-0.39, 0.29) is 27.8 Å². The lowest BCUT2D eigenvalue weighted by Crippen LogP contribution is -2.17. The Morgan fingerprint density at radius 3 is 1.59 bits per heavy atom. The number of pyridine rings is 1. The minimum Gasteiger partial charge on any atom is -0.465 e. The van der Waals surface area contributed by atoms with Gasteiger partial charge >= 0.3 is 18.7 Å². The molecule has 0 fully saturated rings. The molecule has 3 aromatic rings. The molecule has 0 saturated heterocycles. The predicted octanol–water partition coefficient (Wildman–Crippen LogP) is 6.00. The average Bonchev–Trinajstić information content (AvgIpc) is 2.70. The van der Waals surface area contributed by atoms with E-state index in [9.17, 15) is 31.1 Å². The van der Waals surface area contributed by atoms with Gasteiger partial charge in [-0.15, -0.1) is 26.3 Å². The molecule has 5 nitrogen and oxygen atoms in total. The van der Waals surface area contributed by atoms with Gasteiger partial charge in [0.05, 0.1) is 12.7 Å². The Bertz CT molecular complexity index is 1050. The van der Waals surface area contributed by atoms with Crippen molar-refractivity contribution in [2.24, 2.45) is 0 Å². The van der Waals surface area contributed by atoms with E-state index in [2.05, 4.69) is 14.5 Å². The Morgan fingerprint density at radius 2 is 1.22 bits per heavy atom. The van der Waals surface area contributed by atoms with Gasteiger partial charge in [0.15, 0.2) is 0 Å². The third-order valence-corrected chi connectivity index (χ3v) is 4.09. The smallest absolute Gasteiger partial charge is 0.465 e. The van der Waals surface area contributed by atoms with Crippen molar-refractivity contribution in [3.63, 3.8) is 0 Å². The van der Waals surface area contributed by atoms with Crippen LogP contribution in [0.2, 0.25) is 0 Å². The molecule has 2 aromatic carbocycles. The Morgan fingerprint density at radius 1 is 0.781 bits per heavy atom. The third kappa shape index (κ3) is 5.68. The summed E-state index contributed by atoms with van der Waals surface area (Å²) in [6, 6.07) is 9.63. The number of ether oxygens (including phenoxy) is 3. The van der Waals surface area contributed by atoms with Gasteiger partial charge in [-0.3, -0.25) is 4.98 Å². The Balaban J connectivity index is 2.14. The van der Waals surface area contributed by atoms with Crippen LogP contribution in [0.25, 0.3) is 22.3 Å². The van der Waals surface area contributed by atoms with E-state index in [1.54, 1.807) is 0 Å². The largest absolute Gasteiger partial charge is 0.573 e. The highest BCUT2D eigenvalue weighted by Gasteiger charge is 2.32. The van der Waals surface area contributed by atoms with Crippen LogP contribution in [0.1, 0.15) is 10.4 Å².